The lowest BCUT2D eigenvalue weighted by Gasteiger charge is -2.16. The number of ether oxygens (including phenoxy) is 3. The van der Waals surface area contributed by atoms with Crippen LogP contribution in [-0.4, -0.2) is 37.6 Å². The molecule has 3 aromatic rings. The summed E-state index contributed by atoms with van der Waals surface area (Å²) in [4.78, 5) is 0. The van der Waals surface area contributed by atoms with E-state index in [1.807, 2.05) is 24.3 Å². The van der Waals surface area contributed by atoms with Crippen molar-refractivity contribution in [2.75, 3.05) is 13.7 Å². The summed E-state index contributed by atoms with van der Waals surface area (Å²) in [5.74, 6) is 1.00. The second kappa shape index (κ2) is 8.26. The highest BCUT2D eigenvalue weighted by Gasteiger charge is 2.20. The highest BCUT2D eigenvalue weighted by Crippen LogP contribution is 2.34. The van der Waals surface area contributed by atoms with Crippen molar-refractivity contribution in [3.63, 3.8) is 0 Å². The first-order valence-corrected chi connectivity index (χ1v) is 11.0. The van der Waals surface area contributed by atoms with Crippen molar-refractivity contribution in [2.24, 2.45) is 0 Å². The number of nitrogens with zero attached hydrogens (tertiary/aromatic N) is 2. The van der Waals surface area contributed by atoms with Crippen LogP contribution in [0.4, 0.5) is 0 Å². The van der Waals surface area contributed by atoms with Crippen molar-refractivity contribution in [1.29, 1.82) is 0 Å². The quantitative estimate of drug-likeness (QED) is 0.589. The van der Waals surface area contributed by atoms with E-state index in [1.165, 1.54) is 6.20 Å². The van der Waals surface area contributed by atoms with Crippen LogP contribution >= 0.6 is 0 Å². The second-order valence-electron chi connectivity index (χ2n) is 6.74. The van der Waals surface area contributed by atoms with Gasteiger partial charge in [-0.25, -0.2) is 8.42 Å². The molecule has 1 aliphatic rings. The van der Waals surface area contributed by atoms with Gasteiger partial charge in [-0.1, -0.05) is 30.3 Å². The van der Waals surface area contributed by atoms with Gasteiger partial charge in [0.05, 0.1) is 25.2 Å². The van der Waals surface area contributed by atoms with Gasteiger partial charge in [0, 0.05) is 18.2 Å². The molecule has 1 fully saturated rings. The minimum atomic E-state index is -3.61. The molecule has 0 aliphatic carbocycles. The van der Waals surface area contributed by atoms with Gasteiger partial charge in [-0.15, -0.1) is 0 Å². The van der Waals surface area contributed by atoms with Crippen LogP contribution in [0.2, 0.25) is 0 Å². The normalized spacial score (nSPS) is 16.7. The van der Waals surface area contributed by atoms with Gasteiger partial charge >= 0.3 is 0 Å². The van der Waals surface area contributed by atoms with Gasteiger partial charge in [0.2, 0.25) is 0 Å². The molecule has 8 heteroatoms. The molecule has 0 radical (unpaired) electrons. The van der Waals surface area contributed by atoms with Gasteiger partial charge in [-0.3, -0.25) is 0 Å². The minimum absolute atomic E-state index is 0.120. The van der Waals surface area contributed by atoms with Crippen LogP contribution in [0, 0.1) is 0 Å². The van der Waals surface area contributed by atoms with Crippen LogP contribution < -0.4 is 9.47 Å². The van der Waals surface area contributed by atoms with Gasteiger partial charge in [-0.2, -0.15) is 9.19 Å². The molecule has 4 rings (SSSR count). The van der Waals surface area contributed by atoms with Crippen LogP contribution in [-0.2, 0) is 20.5 Å². The molecule has 0 bridgehead atoms. The minimum Gasteiger partial charge on any atom is -0.493 e. The average molecular weight is 414 g/mol. The van der Waals surface area contributed by atoms with Gasteiger partial charge in [0.1, 0.15) is 0 Å². The van der Waals surface area contributed by atoms with Crippen LogP contribution in [0.25, 0.3) is 11.3 Å². The van der Waals surface area contributed by atoms with E-state index in [4.69, 9.17) is 14.2 Å². The Kier molecular flexibility index (Phi) is 5.55. The van der Waals surface area contributed by atoms with E-state index in [2.05, 4.69) is 5.10 Å². The molecule has 7 nitrogen and oxygen atoms in total. The Morgan fingerprint density at radius 3 is 2.69 bits per heavy atom. The molecule has 0 spiro atoms. The van der Waals surface area contributed by atoms with E-state index in [0.717, 1.165) is 22.5 Å². The number of rotatable bonds is 7. The smallest absolute Gasteiger partial charge is 0.257 e. The monoisotopic (exact) mass is 414 g/mol. The van der Waals surface area contributed by atoms with Crippen LogP contribution in [0.1, 0.15) is 18.4 Å². The van der Waals surface area contributed by atoms with Crippen LogP contribution in [0.3, 0.4) is 0 Å². The lowest BCUT2D eigenvalue weighted by molar-refractivity contribution is -0.0402. The molecule has 0 saturated carbocycles. The highest BCUT2D eigenvalue weighted by molar-refractivity contribution is 7.89. The average Bonchev–Trinajstić information content (AvgIpc) is 3.41. The number of methoxy groups -OCH3 is 1. The first-order valence-electron chi connectivity index (χ1n) is 9.35. The molecule has 2 heterocycles. The molecular formula is C21H22N2O5S. The Hall–Kier alpha value is -2.84. The lowest BCUT2D eigenvalue weighted by Crippen LogP contribution is -2.15. The molecule has 29 heavy (non-hydrogen) atoms. The number of hydrogen-bond donors (Lipinski definition) is 0. The molecule has 152 valence electrons. The maximum atomic E-state index is 12.7. The molecule has 1 aromatic heterocycles. The Morgan fingerprint density at radius 1 is 1.14 bits per heavy atom. The SMILES string of the molecule is COc1ccc(-c2ccn(S(=O)(=O)Cc3ccccc3)n2)cc1OC1CCCO1. The molecule has 1 atom stereocenters. The topological polar surface area (TPSA) is 79.7 Å². The van der Waals surface area contributed by atoms with E-state index < -0.39 is 10.0 Å². The van der Waals surface area contributed by atoms with Crippen molar-refractivity contribution in [3.8, 4) is 22.8 Å². The molecule has 1 unspecified atom stereocenters. The molecule has 1 aliphatic heterocycles. The maximum Gasteiger partial charge on any atom is 0.257 e. The standard InChI is InChI=1S/C21H22N2O5S/c1-26-19-10-9-17(14-20(19)28-21-8-5-13-27-21)18-11-12-23(22-18)29(24,25)15-16-6-3-2-4-7-16/h2-4,6-7,9-12,14,21H,5,8,13,15H2,1H3. The zero-order chi connectivity index (χ0) is 20.3. The van der Waals surface area contributed by atoms with Gasteiger partial charge in [-0.05, 0) is 36.2 Å². The first-order chi connectivity index (χ1) is 14.0. The number of hydrogen-bond acceptors (Lipinski definition) is 6. The Morgan fingerprint density at radius 2 is 1.97 bits per heavy atom. The fraction of sp³-hybridized carbons (Fsp3) is 0.286. The summed E-state index contributed by atoms with van der Waals surface area (Å²) < 4.78 is 43.2. The van der Waals surface area contributed by atoms with Crippen molar-refractivity contribution in [2.45, 2.75) is 24.9 Å². The van der Waals surface area contributed by atoms with Crippen molar-refractivity contribution in [1.82, 2.24) is 9.19 Å². The fourth-order valence-corrected chi connectivity index (χ4v) is 4.38. The zero-order valence-electron chi connectivity index (χ0n) is 16.0. The number of aromatic nitrogens is 2. The third-order valence-electron chi connectivity index (χ3n) is 4.65. The van der Waals surface area contributed by atoms with Gasteiger partial charge < -0.3 is 14.2 Å². The number of benzene rings is 2. The molecule has 1 saturated heterocycles. The van der Waals surface area contributed by atoms with Crippen LogP contribution in [0.15, 0.2) is 60.8 Å². The lowest BCUT2D eigenvalue weighted by atomic mass is 10.1. The Balaban J connectivity index is 1.58. The maximum absolute atomic E-state index is 12.7. The summed E-state index contributed by atoms with van der Waals surface area (Å²) in [6, 6.07) is 16.1. The zero-order valence-corrected chi connectivity index (χ0v) is 16.8. The van der Waals surface area contributed by atoms with E-state index in [1.54, 1.807) is 37.4 Å². The van der Waals surface area contributed by atoms with Crippen molar-refractivity contribution < 1.29 is 22.6 Å². The third kappa shape index (κ3) is 4.44. The summed E-state index contributed by atoms with van der Waals surface area (Å²) in [6.45, 7) is 0.677. The van der Waals surface area contributed by atoms with E-state index in [0.29, 0.717) is 29.4 Å². The predicted molar refractivity (Wildman–Crippen MR) is 108 cm³/mol. The molecule has 0 amide bonds. The largest absolute Gasteiger partial charge is 0.493 e. The van der Waals surface area contributed by atoms with Gasteiger partial charge in [0.25, 0.3) is 10.0 Å². The second-order valence-corrected chi connectivity index (χ2v) is 8.57. The van der Waals surface area contributed by atoms with Gasteiger partial charge in [0.15, 0.2) is 17.8 Å². The summed E-state index contributed by atoms with van der Waals surface area (Å²) >= 11 is 0. The summed E-state index contributed by atoms with van der Waals surface area (Å²) in [5.41, 5.74) is 1.97. The molecule has 2 aromatic carbocycles. The molecular weight excluding hydrogens is 392 g/mol. The highest BCUT2D eigenvalue weighted by atomic mass is 32.2. The fourth-order valence-electron chi connectivity index (χ4n) is 3.18. The molecule has 0 N–H and O–H groups in total. The Bertz CT molecular complexity index is 1070. The van der Waals surface area contributed by atoms with Crippen molar-refractivity contribution >= 4 is 10.0 Å². The first kappa shape index (κ1) is 19.5. The Labute approximate surface area is 169 Å². The third-order valence-corrected chi connectivity index (χ3v) is 6.12. The predicted octanol–water partition coefficient (Wildman–Crippen LogP) is 3.45. The van der Waals surface area contributed by atoms with E-state index in [-0.39, 0.29) is 12.0 Å². The van der Waals surface area contributed by atoms with E-state index >= 15 is 0 Å². The van der Waals surface area contributed by atoms with Crippen LogP contribution in [0.5, 0.6) is 11.5 Å². The van der Waals surface area contributed by atoms with E-state index in [9.17, 15) is 8.42 Å². The van der Waals surface area contributed by atoms with Crippen molar-refractivity contribution in [3.05, 3.63) is 66.4 Å². The summed E-state index contributed by atoms with van der Waals surface area (Å²) in [7, 11) is -2.04. The summed E-state index contributed by atoms with van der Waals surface area (Å²) in [5, 5.41) is 4.28. The summed E-state index contributed by atoms with van der Waals surface area (Å²) in [6.07, 6.45) is 2.93.